The fourth-order valence-corrected chi connectivity index (χ4v) is 3.06. The van der Waals surface area contributed by atoms with Crippen molar-refractivity contribution in [2.45, 2.75) is 33.2 Å². The van der Waals surface area contributed by atoms with Crippen molar-refractivity contribution in [3.8, 4) is 0 Å². The average Bonchev–Trinajstić information content (AvgIpc) is 3.08. The van der Waals surface area contributed by atoms with Crippen LogP contribution in [0.2, 0.25) is 0 Å². The first kappa shape index (κ1) is 18.6. The Hall–Kier alpha value is -3.23. The van der Waals surface area contributed by atoms with Crippen LogP contribution >= 0.6 is 0 Å². The van der Waals surface area contributed by atoms with Crippen molar-refractivity contribution >= 4 is 28.5 Å². The Balaban J connectivity index is 2.21. The number of rotatable bonds is 6. The maximum Gasteiger partial charge on any atom is 0.343 e. The summed E-state index contributed by atoms with van der Waals surface area (Å²) in [5, 5.41) is 13.9. The zero-order valence-electron chi connectivity index (χ0n) is 15.2. The molecule has 9 heteroatoms. The van der Waals surface area contributed by atoms with Gasteiger partial charge in [0.05, 0.1) is 23.7 Å². The van der Waals surface area contributed by atoms with Crippen LogP contribution in [0.5, 0.6) is 0 Å². The summed E-state index contributed by atoms with van der Waals surface area (Å²) in [5.41, 5.74) is 0.439. The van der Waals surface area contributed by atoms with E-state index in [-0.39, 0.29) is 29.1 Å². The van der Waals surface area contributed by atoms with Crippen molar-refractivity contribution in [3.63, 3.8) is 0 Å². The van der Waals surface area contributed by atoms with E-state index >= 15 is 0 Å². The minimum atomic E-state index is -1.07. The molecule has 1 N–H and O–H groups in total. The molecule has 0 spiro atoms. The summed E-state index contributed by atoms with van der Waals surface area (Å²) < 4.78 is 7.57. The summed E-state index contributed by atoms with van der Waals surface area (Å²) in [6.45, 7) is 5.58. The lowest BCUT2D eigenvalue weighted by Gasteiger charge is -2.21. The summed E-state index contributed by atoms with van der Waals surface area (Å²) in [7, 11) is 0. The molecular weight excluding hydrogens is 352 g/mol. The molecule has 0 aliphatic rings. The number of carbonyl (C=O) groups is 2. The van der Waals surface area contributed by atoms with Gasteiger partial charge in [-0.15, -0.1) is 0 Å². The van der Waals surface area contributed by atoms with Crippen LogP contribution in [0.1, 0.15) is 43.6 Å². The van der Waals surface area contributed by atoms with Gasteiger partial charge in [0.1, 0.15) is 11.6 Å². The summed E-state index contributed by atoms with van der Waals surface area (Å²) in [6, 6.07) is 0.626. The van der Waals surface area contributed by atoms with Crippen LogP contribution in [0.3, 0.4) is 0 Å². The standard InChI is InChI=1S/C18H20N4O5/c1-4-10(3)14(17(24)25)21-7-6-13-11(16(21)23)8-19-15-12(9-20-22(13)15)18(26)27-5-2/h6-10,14H,4-5H2,1-3H3,(H,24,25). The Labute approximate surface area is 154 Å². The molecule has 3 aromatic heterocycles. The molecule has 0 aromatic carbocycles. The maximum absolute atomic E-state index is 12.9. The van der Waals surface area contributed by atoms with Crippen LogP contribution in [-0.4, -0.2) is 42.8 Å². The molecule has 3 aromatic rings. The molecule has 0 aliphatic heterocycles. The summed E-state index contributed by atoms with van der Waals surface area (Å²) in [6.07, 6.45) is 4.73. The number of carboxylic acid groups (broad SMARTS) is 1. The van der Waals surface area contributed by atoms with Crippen LogP contribution in [0.25, 0.3) is 16.6 Å². The quantitative estimate of drug-likeness (QED) is 0.657. The Morgan fingerprint density at radius 2 is 2.04 bits per heavy atom. The highest BCUT2D eigenvalue weighted by atomic mass is 16.5. The molecule has 0 saturated carbocycles. The second kappa shape index (κ2) is 7.18. The normalized spacial score (nSPS) is 13.6. The number of carboxylic acids is 1. The predicted molar refractivity (Wildman–Crippen MR) is 96.8 cm³/mol. The first-order chi connectivity index (χ1) is 12.9. The van der Waals surface area contributed by atoms with E-state index in [4.69, 9.17) is 4.74 Å². The van der Waals surface area contributed by atoms with Gasteiger partial charge in [-0.05, 0) is 18.9 Å². The number of hydrogen-bond donors (Lipinski definition) is 1. The fourth-order valence-electron chi connectivity index (χ4n) is 3.06. The third-order valence-electron chi connectivity index (χ3n) is 4.65. The van der Waals surface area contributed by atoms with Gasteiger partial charge in [0, 0.05) is 12.4 Å². The molecule has 142 valence electrons. The fraction of sp³-hybridized carbons (Fsp3) is 0.389. The first-order valence-electron chi connectivity index (χ1n) is 8.68. The van der Waals surface area contributed by atoms with Crippen LogP contribution in [0, 0.1) is 5.92 Å². The molecule has 2 unspecified atom stereocenters. The molecular formula is C18H20N4O5. The van der Waals surface area contributed by atoms with Crippen molar-refractivity contribution < 1.29 is 19.4 Å². The lowest BCUT2D eigenvalue weighted by atomic mass is 9.99. The zero-order valence-corrected chi connectivity index (χ0v) is 15.2. The highest BCUT2D eigenvalue weighted by Crippen LogP contribution is 2.22. The van der Waals surface area contributed by atoms with Crippen molar-refractivity contribution in [3.05, 3.63) is 40.6 Å². The molecule has 9 nitrogen and oxygen atoms in total. The lowest BCUT2D eigenvalue weighted by molar-refractivity contribution is -0.142. The van der Waals surface area contributed by atoms with Crippen molar-refractivity contribution in [1.82, 2.24) is 19.2 Å². The molecule has 0 bridgehead atoms. The smallest absolute Gasteiger partial charge is 0.343 e. The Morgan fingerprint density at radius 1 is 1.30 bits per heavy atom. The van der Waals surface area contributed by atoms with Crippen molar-refractivity contribution in [1.29, 1.82) is 0 Å². The van der Waals surface area contributed by atoms with Crippen LogP contribution < -0.4 is 5.56 Å². The van der Waals surface area contributed by atoms with E-state index in [9.17, 15) is 19.5 Å². The molecule has 0 amide bonds. The Morgan fingerprint density at radius 3 is 2.67 bits per heavy atom. The van der Waals surface area contributed by atoms with Crippen LogP contribution in [0.15, 0.2) is 29.5 Å². The van der Waals surface area contributed by atoms with E-state index in [1.54, 1.807) is 19.9 Å². The zero-order chi connectivity index (χ0) is 19.7. The summed E-state index contributed by atoms with van der Waals surface area (Å²) in [4.78, 5) is 40.8. The number of ether oxygens (including phenoxy) is 1. The third kappa shape index (κ3) is 3.05. The highest BCUT2D eigenvalue weighted by Gasteiger charge is 2.27. The minimum Gasteiger partial charge on any atom is -0.480 e. The van der Waals surface area contributed by atoms with E-state index in [0.29, 0.717) is 11.9 Å². The number of pyridine rings is 1. The van der Waals surface area contributed by atoms with Gasteiger partial charge in [-0.1, -0.05) is 20.3 Å². The monoisotopic (exact) mass is 372 g/mol. The van der Waals surface area contributed by atoms with Crippen molar-refractivity contribution in [2.75, 3.05) is 6.61 Å². The van der Waals surface area contributed by atoms with E-state index < -0.39 is 23.5 Å². The van der Waals surface area contributed by atoms with Crippen LogP contribution in [-0.2, 0) is 9.53 Å². The number of esters is 1. The SMILES string of the molecule is CCOC(=O)c1cnn2c1ncc1c(=O)n(C(C(=O)O)C(C)CC)ccc12. The van der Waals surface area contributed by atoms with Gasteiger partial charge in [-0.2, -0.15) is 5.10 Å². The second-order valence-electron chi connectivity index (χ2n) is 6.27. The lowest BCUT2D eigenvalue weighted by Crippen LogP contribution is -2.33. The number of aliphatic carboxylic acids is 1. The number of aromatic nitrogens is 4. The van der Waals surface area contributed by atoms with Gasteiger partial charge in [-0.25, -0.2) is 19.1 Å². The van der Waals surface area contributed by atoms with Gasteiger partial charge >= 0.3 is 11.9 Å². The van der Waals surface area contributed by atoms with E-state index in [2.05, 4.69) is 10.1 Å². The third-order valence-corrected chi connectivity index (χ3v) is 4.65. The molecule has 0 aliphatic carbocycles. The van der Waals surface area contributed by atoms with Crippen LogP contribution in [0.4, 0.5) is 0 Å². The molecule has 3 rings (SSSR count). The molecule has 0 saturated heterocycles. The van der Waals surface area contributed by atoms with E-state index in [0.717, 1.165) is 0 Å². The largest absolute Gasteiger partial charge is 0.480 e. The van der Waals surface area contributed by atoms with Gasteiger partial charge in [-0.3, -0.25) is 4.79 Å². The Kier molecular flexibility index (Phi) is 4.93. The second-order valence-corrected chi connectivity index (χ2v) is 6.27. The molecule has 0 fully saturated rings. The number of hydrogen-bond acceptors (Lipinski definition) is 6. The highest BCUT2D eigenvalue weighted by molar-refractivity contribution is 5.97. The van der Waals surface area contributed by atoms with E-state index in [1.807, 2.05) is 6.92 Å². The predicted octanol–water partition coefficient (Wildman–Crippen LogP) is 1.89. The van der Waals surface area contributed by atoms with Gasteiger partial charge in [0.2, 0.25) is 0 Å². The number of carbonyl (C=O) groups excluding carboxylic acids is 1. The van der Waals surface area contributed by atoms with Gasteiger partial charge < -0.3 is 14.4 Å². The molecule has 3 heterocycles. The van der Waals surface area contributed by atoms with Crippen molar-refractivity contribution in [2.24, 2.45) is 5.92 Å². The van der Waals surface area contributed by atoms with Gasteiger partial charge in [0.15, 0.2) is 5.65 Å². The molecule has 27 heavy (non-hydrogen) atoms. The average molecular weight is 372 g/mol. The summed E-state index contributed by atoms with van der Waals surface area (Å²) in [5.74, 6) is -1.84. The maximum atomic E-state index is 12.9. The minimum absolute atomic E-state index is 0.200. The summed E-state index contributed by atoms with van der Waals surface area (Å²) >= 11 is 0. The van der Waals surface area contributed by atoms with E-state index in [1.165, 1.54) is 27.7 Å². The number of nitrogens with zero attached hydrogens (tertiary/aromatic N) is 4. The first-order valence-corrected chi connectivity index (χ1v) is 8.68. The topological polar surface area (TPSA) is 116 Å². The molecule has 0 radical (unpaired) electrons. The van der Waals surface area contributed by atoms with Gasteiger partial charge in [0.25, 0.3) is 5.56 Å². The number of fused-ring (bicyclic) bond motifs is 3. The molecule has 2 atom stereocenters. The Bertz CT molecular complexity index is 1080.